The largest absolute Gasteiger partial charge is 0.756 e. The van der Waals surface area contributed by atoms with Gasteiger partial charge in [0.05, 0.1) is 39.9 Å². The first-order valence-corrected chi connectivity index (χ1v) is 38.5. The van der Waals surface area contributed by atoms with Crippen LogP contribution in [0.3, 0.4) is 0 Å². The number of carbonyl (C=O) groups excluding carboxylic acids is 1. The van der Waals surface area contributed by atoms with Gasteiger partial charge in [0, 0.05) is 6.42 Å². The van der Waals surface area contributed by atoms with Crippen LogP contribution in [0.1, 0.15) is 399 Å². The molecule has 3 atom stereocenters. The minimum atomic E-state index is -4.60. The number of nitrogens with zero attached hydrogens (tertiary/aromatic N) is 1. The zero-order valence-corrected chi connectivity index (χ0v) is 57.1. The average Bonchev–Trinajstić information content (AvgIpc) is 3.47. The van der Waals surface area contributed by atoms with Gasteiger partial charge in [-0.3, -0.25) is 9.36 Å². The molecule has 0 aromatic carbocycles. The summed E-state index contributed by atoms with van der Waals surface area (Å²) >= 11 is 0. The van der Waals surface area contributed by atoms with E-state index in [0.717, 1.165) is 38.5 Å². The summed E-state index contributed by atoms with van der Waals surface area (Å²) in [5.74, 6) is -0.187. The zero-order valence-electron chi connectivity index (χ0n) is 56.2. The predicted octanol–water partition coefficient (Wildman–Crippen LogP) is 23.0. The van der Waals surface area contributed by atoms with Crippen LogP contribution in [0, 0.1) is 0 Å². The Labute approximate surface area is 513 Å². The summed E-state index contributed by atoms with van der Waals surface area (Å²) in [5, 5.41) is 14.0. The minimum absolute atomic E-state index is 0.00297. The van der Waals surface area contributed by atoms with Crippen molar-refractivity contribution < 1.29 is 32.9 Å². The third-order valence-electron chi connectivity index (χ3n) is 17.5. The average molecular weight is 1180 g/mol. The molecule has 0 aliphatic carbocycles. The van der Waals surface area contributed by atoms with Gasteiger partial charge in [-0.05, 0) is 19.3 Å². The third-order valence-corrected chi connectivity index (χ3v) is 18.5. The van der Waals surface area contributed by atoms with Crippen molar-refractivity contribution in [3.63, 3.8) is 0 Å². The van der Waals surface area contributed by atoms with Gasteiger partial charge in [-0.2, -0.15) is 0 Å². The number of hydrogen-bond donors (Lipinski definition) is 2. The molecule has 0 saturated heterocycles. The third kappa shape index (κ3) is 66.8. The van der Waals surface area contributed by atoms with Gasteiger partial charge >= 0.3 is 0 Å². The molecule has 0 saturated carbocycles. The molecule has 490 valence electrons. The number of quaternary nitrogens is 1. The Balaban J connectivity index is 3.89. The first-order chi connectivity index (χ1) is 40.0. The summed E-state index contributed by atoms with van der Waals surface area (Å²) in [4.78, 5) is 25.6. The maximum Gasteiger partial charge on any atom is 0.268 e. The number of nitrogens with one attached hydrogen (secondary N) is 1. The Kier molecular flexibility index (Phi) is 64.1. The van der Waals surface area contributed by atoms with Gasteiger partial charge < -0.3 is 28.8 Å². The van der Waals surface area contributed by atoms with Crippen LogP contribution in [0.25, 0.3) is 0 Å². The molecule has 0 aromatic heterocycles. The number of allylic oxidation sites excluding steroid dienone is 1. The molecule has 8 nitrogen and oxygen atoms in total. The number of likely N-dealkylation sites (N-methyl/N-ethyl adjacent to an activating group) is 1. The van der Waals surface area contributed by atoms with Crippen LogP contribution in [0.4, 0.5) is 0 Å². The summed E-state index contributed by atoms with van der Waals surface area (Å²) in [7, 11) is 1.28. The lowest BCUT2D eigenvalue weighted by Gasteiger charge is -2.29. The summed E-state index contributed by atoms with van der Waals surface area (Å²) in [6, 6.07) is -0.884. The topological polar surface area (TPSA) is 108 Å². The van der Waals surface area contributed by atoms with Gasteiger partial charge in [-0.1, -0.05) is 386 Å². The van der Waals surface area contributed by atoms with E-state index in [0.29, 0.717) is 17.4 Å². The lowest BCUT2D eigenvalue weighted by molar-refractivity contribution is -0.870. The molecule has 0 fully saturated rings. The molecular weight excluding hydrogens is 1030 g/mol. The fourth-order valence-corrected chi connectivity index (χ4v) is 12.5. The highest BCUT2D eigenvalue weighted by molar-refractivity contribution is 7.45. The second kappa shape index (κ2) is 64.7. The van der Waals surface area contributed by atoms with Gasteiger partial charge in [0.2, 0.25) is 5.91 Å². The van der Waals surface area contributed by atoms with Crippen LogP contribution in [-0.4, -0.2) is 68.5 Å². The molecule has 0 heterocycles. The van der Waals surface area contributed by atoms with Crippen LogP contribution in [0.2, 0.25) is 0 Å². The predicted molar refractivity (Wildman–Crippen MR) is 358 cm³/mol. The fraction of sp³-hybridized carbons (Fsp3) is 0.959. The van der Waals surface area contributed by atoms with Crippen molar-refractivity contribution in [2.24, 2.45) is 0 Å². The number of aliphatic hydroxyl groups is 1. The first-order valence-electron chi connectivity index (χ1n) is 37.1. The van der Waals surface area contributed by atoms with Crippen molar-refractivity contribution in [2.75, 3.05) is 40.9 Å². The molecule has 0 bridgehead atoms. The highest BCUT2D eigenvalue weighted by atomic mass is 31.2. The van der Waals surface area contributed by atoms with E-state index in [9.17, 15) is 19.4 Å². The molecule has 1 amide bonds. The van der Waals surface area contributed by atoms with E-state index in [-0.39, 0.29) is 19.1 Å². The molecular formula is C73H147N2O6P. The number of phosphoric ester groups is 1. The van der Waals surface area contributed by atoms with Crippen molar-refractivity contribution in [1.29, 1.82) is 0 Å². The van der Waals surface area contributed by atoms with Crippen molar-refractivity contribution in [3.05, 3.63) is 12.2 Å². The van der Waals surface area contributed by atoms with Crippen LogP contribution in [-0.2, 0) is 18.4 Å². The van der Waals surface area contributed by atoms with Gasteiger partial charge in [0.1, 0.15) is 13.2 Å². The smallest absolute Gasteiger partial charge is 0.268 e. The highest BCUT2D eigenvalue weighted by Gasteiger charge is 2.23. The highest BCUT2D eigenvalue weighted by Crippen LogP contribution is 2.38. The standard InChI is InChI=1S/C73H147N2O6P/c1-6-8-10-12-14-16-18-20-22-24-26-28-29-30-31-32-33-34-35-36-37-38-39-40-41-42-43-44-45-47-49-51-53-55-57-59-61-63-65-67-73(77)74-71(70-81-82(78,79)80-69-68-75(3,4)5)72(76)66-64-62-60-58-56-54-52-50-48-46-27-25-23-21-19-17-15-13-11-9-7-2/h64,66,71-72,76H,6-63,65,67-70H2,1-5H3,(H-,74,77,78,79)/b66-64+. The number of aliphatic hydroxyl groups excluding tert-OH is 1. The monoisotopic (exact) mass is 1180 g/mol. The van der Waals surface area contributed by atoms with Gasteiger partial charge in [-0.15, -0.1) is 0 Å². The van der Waals surface area contributed by atoms with Gasteiger partial charge in [0.15, 0.2) is 0 Å². The molecule has 0 aliphatic heterocycles. The van der Waals surface area contributed by atoms with Crippen LogP contribution in [0.5, 0.6) is 0 Å². The number of hydrogen-bond acceptors (Lipinski definition) is 6. The summed E-state index contributed by atoms with van der Waals surface area (Å²) in [5.41, 5.74) is 0. The second-order valence-corrected chi connectivity index (χ2v) is 28.4. The van der Waals surface area contributed by atoms with E-state index in [1.807, 2.05) is 27.2 Å². The Morgan fingerprint density at radius 1 is 0.415 bits per heavy atom. The Bertz CT molecular complexity index is 1340. The maximum absolute atomic E-state index is 13.0. The van der Waals surface area contributed by atoms with Crippen LogP contribution >= 0.6 is 7.82 Å². The quantitative estimate of drug-likeness (QED) is 0.0272. The summed E-state index contributed by atoms with van der Waals surface area (Å²) < 4.78 is 23.5. The van der Waals surface area contributed by atoms with Crippen molar-refractivity contribution in [3.8, 4) is 0 Å². The van der Waals surface area contributed by atoms with Crippen LogP contribution < -0.4 is 10.2 Å². The van der Waals surface area contributed by atoms with Crippen LogP contribution in [0.15, 0.2) is 12.2 Å². The number of carbonyl (C=O) groups is 1. The number of rotatable bonds is 70. The summed E-state index contributed by atoms with van der Waals surface area (Å²) in [6.45, 7) is 4.72. The molecule has 9 heteroatoms. The van der Waals surface area contributed by atoms with Crippen molar-refractivity contribution >= 4 is 13.7 Å². The molecule has 0 rings (SSSR count). The molecule has 82 heavy (non-hydrogen) atoms. The number of phosphoric acid groups is 1. The molecule has 0 radical (unpaired) electrons. The summed E-state index contributed by atoms with van der Waals surface area (Å²) in [6.07, 6.45) is 83.6. The van der Waals surface area contributed by atoms with E-state index in [2.05, 4.69) is 19.2 Å². The molecule has 2 N–H and O–H groups in total. The molecule has 3 unspecified atom stereocenters. The van der Waals surface area contributed by atoms with Crippen molar-refractivity contribution in [1.82, 2.24) is 5.32 Å². The lowest BCUT2D eigenvalue weighted by atomic mass is 10.0. The number of amides is 1. The molecule has 0 aromatic rings. The van der Waals surface area contributed by atoms with E-state index >= 15 is 0 Å². The first kappa shape index (κ1) is 81.2. The Hall–Kier alpha value is -0.760. The number of unbranched alkanes of at least 4 members (excludes halogenated alkanes) is 57. The minimum Gasteiger partial charge on any atom is -0.756 e. The lowest BCUT2D eigenvalue weighted by Crippen LogP contribution is -2.45. The van der Waals surface area contributed by atoms with Crippen molar-refractivity contribution in [2.45, 2.75) is 411 Å². The molecule has 0 spiro atoms. The maximum atomic E-state index is 13.0. The zero-order chi connectivity index (χ0) is 59.8. The Morgan fingerprint density at radius 2 is 0.659 bits per heavy atom. The van der Waals surface area contributed by atoms with Gasteiger partial charge in [0.25, 0.3) is 7.82 Å². The van der Waals surface area contributed by atoms with E-state index in [1.54, 1.807) is 6.08 Å². The fourth-order valence-electron chi connectivity index (χ4n) is 11.7. The van der Waals surface area contributed by atoms with E-state index < -0.39 is 20.0 Å². The van der Waals surface area contributed by atoms with E-state index in [4.69, 9.17) is 9.05 Å². The van der Waals surface area contributed by atoms with E-state index in [1.165, 1.54) is 340 Å². The van der Waals surface area contributed by atoms with Gasteiger partial charge in [-0.25, -0.2) is 0 Å². The molecule has 0 aliphatic rings. The SMILES string of the molecule is CCCCCCCCCCCCCCCCCCCCC/C=C/C(O)C(COP(=O)([O-])OCC[N+](C)(C)C)NC(=O)CCCCCCCCCCCCCCCCCCCCCCCCCCCCCCCCCCCCCCCCC. The normalized spacial score (nSPS) is 13.6. The Morgan fingerprint density at radius 3 is 0.915 bits per heavy atom. The second-order valence-electron chi connectivity index (χ2n) is 27.0.